The van der Waals surface area contributed by atoms with Gasteiger partial charge in [-0.05, 0) is 47.3 Å². The molecule has 18 heavy (non-hydrogen) atoms. The summed E-state index contributed by atoms with van der Waals surface area (Å²) in [6.07, 6.45) is 3.01. The van der Waals surface area contributed by atoms with Crippen LogP contribution in [-0.2, 0) is 4.79 Å². The number of carboxylic acid groups (broad SMARTS) is 1. The molecule has 98 valence electrons. The van der Waals surface area contributed by atoms with E-state index < -0.39 is 5.97 Å². The molecule has 0 bridgehead atoms. The number of halogens is 2. The summed E-state index contributed by atoms with van der Waals surface area (Å²) in [5.41, 5.74) is 0.425. The molecule has 1 aliphatic carbocycles. The first kappa shape index (κ1) is 13.3. The average molecular weight is 316 g/mol. The maximum Gasteiger partial charge on any atom is 0.306 e. The van der Waals surface area contributed by atoms with E-state index in [0.717, 1.165) is 12.8 Å². The molecule has 2 atom stereocenters. The van der Waals surface area contributed by atoms with Crippen molar-refractivity contribution in [2.75, 3.05) is 5.32 Å². The van der Waals surface area contributed by atoms with Crippen LogP contribution < -0.4 is 5.32 Å². The number of hydrogen-bond acceptors (Lipinski definition) is 2. The smallest absolute Gasteiger partial charge is 0.306 e. The van der Waals surface area contributed by atoms with Crippen LogP contribution in [0.3, 0.4) is 0 Å². The van der Waals surface area contributed by atoms with Crippen LogP contribution in [0.1, 0.15) is 25.7 Å². The highest BCUT2D eigenvalue weighted by Crippen LogP contribution is 2.31. The molecular weight excluding hydrogens is 301 g/mol. The van der Waals surface area contributed by atoms with Gasteiger partial charge in [-0.2, -0.15) is 0 Å². The summed E-state index contributed by atoms with van der Waals surface area (Å²) in [5, 5.41) is 12.1. The van der Waals surface area contributed by atoms with E-state index >= 15 is 0 Å². The molecule has 0 aromatic heterocycles. The molecule has 1 aromatic rings. The topological polar surface area (TPSA) is 49.3 Å². The highest BCUT2D eigenvalue weighted by Gasteiger charge is 2.27. The average Bonchev–Trinajstić information content (AvgIpc) is 2.34. The predicted octanol–water partition coefficient (Wildman–Crippen LogP) is 3.64. The lowest BCUT2D eigenvalue weighted by molar-refractivity contribution is -0.142. The largest absolute Gasteiger partial charge is 0.481 e. The Bertz CT molecular complexity index is 432. The van der Waals surface area contributed by atoms with Gasteiger partial charge in [-0.3, -0.25) is 4.79 Å². The van der Waals surface area contributed by atoms with Crippen LogP contribution in [0.5, 0.6) is 0 Å². The molecule has 0 saturated heterocycles. The highest BCUT2D eigenvalue weighted by molar-refractivity contribution is 9.10. The van der Waals surface area contributed by atoms with E-state index in [4.69, 9.17) is 5.11 Å². The fourth-order valence-corrected chi connectivity index (χ4v) is 2.84. The van der Waals surface area contributed by atoms with Crippen LogP contribution in [0.25, 0.3) is 0 Å². The third-order valence-electron chi connectivity index (χ3n) is 3.33. The third-order valence-corrected chi connectivity index (χ3v) is 4.00. The Morgan fingerprint density at radius 2 is 2.22 bits per heavy atom. The highest BCUT2D eigenvalue weighted by atomic mass is 79.9. The van der Waals surface area contributed by atoms with E-state index in [2.05, 4.69) is 21.2 Å². The van der Waals surface area contributed by atoms with Gasteiger partial charge >= 0.3 is 5.97 Å². The van der Waals surface area contributed by atoms with E-state index in [1.165, 1.54) is 6.07 Å². The molecule has 5 heteroatoms. The van der Waals surface area contributed by atoms with Crippen molar-refractivity contribution in [1.29, 1.82) is 0 Å². The second-order valence-corrected chi connectivity index (χ2v) is 5.49. The quantitative estimate of drug-likeness (QED) is 0.895. The zero-order chi connectivity index (χ0) is 13.1. The normalized spacial score (nSPS) is 23.7. The van der Waals surface area contributed by atoms with Crippen molar-refractivity contribution in [3.05, 3.63) is 28.5 Å². The van der Waals surface area contributed by atoms with Gasteiger partial charge in [-0.15, -0.1) is 0 Å². The van der Waals surface area contributed by atoms with Crippen molar-refractivity contribution in [1.82, 2.24) is 0 Å². The Morgan fingerprint density at radius 1 is 1.44 bits per heavy atom. The zero-order valence-electron chi connectivity index (χ0n) is 9.83. The summed E-state index contributed by atoms with van der Waals surface area (Å²) in [6.45, 7) is 0. The van der Waals surface area contributed by atoms with Crippen LogP contribution in [0, 0.1) is 11.7 Å². The lowest BCUT2D eigenvalue weighted by Gasteiger charge is -2.28. The number of carboxylic acids is 1. The van der Waals surface area contributed by atoms with Crippen molar-refractivity contribution in [2.45, 2.75) is 31.7 Å². The van der Waals surface area contributed by atoms with Gasteiger partial charge in [0.2, 0.25) is 0 Å². The minimum Gasteiger partial charge on any atom is -0.481 e. The van der Waals surface area contributed by atoms with Crippen LogP contribution in [0.15, 0.2) is 22.7 Å². The lowest BCUT2D eigenvalue weighted by atomic mass is 9.85. The molecule has 2 unspecified atom stereocenters. The molecular formula is C13H15BrFNO2. The number of aliphatic carboxylic acids is 1. The molecule has 1 aliphatic rings. The summed E-state index contributed by atoms with van der Waals surface area (Å²) in [7, 11) is 0. The molecule has 0 amide bonds. The summed E-state index contributed by atoms with van der Waals surface area (Å²) >= 11 is 3.30. The molecule has 0 spiro atoms. The third kappa shape index (κ3) is 3.02. The fourth-order valence-electron chi connectivity index (χ4n) is 2.39. The molecule has 1 fully saturated rings. The minimum atomic E-state index is -0.755. The summed E-state index contributed by atoms with van der Waals surface area (Å²) < 4.78 is 14.3. The van der Waals surface area contributed by atoms with E-state index in [0.29, 0.717) is 23.0 Å². The van der Waals surface area contributed by atoms with E-state index in [-0.39, 0.29) is 17.8 Å². The SMILES string of the molecule is O=C(O)C1CCCC(Nc2c(F)cccc2Br)C1. The number of nitrogens with one attached hydrogen (secondary N) is 1. The van der Waals surface area contributed by atoms with Crippen molar-refractivity contribution in [3.63, 3.8) is 0 Å². The monoisotopic (exact) mass is 315 g/mol. The van der Waals surface area contributed by atoms with E-state index in [9.17, 15) is 9.18 Å². The number of carbonyl (C=O) groups is 1. The number of rotatable bonds is 3. The van der Waals surface area contributed by atoms with Crippen molar-refractivity contribution < 1.29 is 14.3 Å². The number of benzene rings is 1. The van der Waals surface area contributed by atoms with Gasteiger partial charge in [0, 0.05) is 10.5 Å². The van der Waals surface area contributed by atoms with Gasteiger partial charge in [0.25, 0.3) is 0 Å². The van der Waals surface area contributed by atoms with Crippen LogP contribution >= 0.6 is 15.9 Å². The van der Waals surface area contributed by atoms with Gasteiger partial charge in [0.15, 0.2) is 0 Å². The van der Waals surface area contributed by atoms with Gasteiger partial charge in [0.1, 0.15) is 5.82 Å². The van der Waals surface area contributed by atoms with Crippen LogP contribution in [0.4, 0.5) is 10.1 Å². The van der Waals surface area contributed by atoms with Crippen molar-refractivity contribution in [3.8, 4) is 0 Å². The minimum absolute atomic E-state index is 0.0213. The second-order valence-electron chi connectivity index (χ2n) is 4.64. The number of hydrogen-bond donors (Lipinski definition) is 2. The van der Waals surface area contributed by atoms with Gasteiger partial charge in [-0.25, -0.2) is 4.39 Å². The van der Waals surface area contributed by atoms with Gasteiger partial charge < -0.3 is 10.4 Å². The van der Waals surface area contributed by atoms with E-state index in [1.54, 1.807) is 12.1 Å². The predicted molar refractivity (Wildman–Crippen MR) is 71.1 cm³/mol. The Labute approximate surface area is 114 Å². The maximum atomic E-state index is 13.7. The standard InChI is InChI=1S/C13H15BrFNO2/c14-10-5-2-6-11(15)12(10)16-9-4-1-3-8(7-9)13(17)18/h2,5-6,8-9,16H,1,3-4,7H2,(H,17,18). The van der Waals surface area contributed by atoms with Crippen LogP contribution in [0.2, 0.25) is 0 Å². The lowest BCUT2D eigenvalue weighted by Crippen LogP contribution is -2.31. The molecule has 1 aromatic carbocycles. The maximum absolute atomic E-state index is 13.7. The first-order valence-electron chi connectivity index (χ1n) is 6.01. The van der Waals surface area contributed by atoms with Crippen molar-refractivity contribution >= 4 is 27.6 Å². The Balaban J connectivity index is 2.07. The molecule has 1 saturated carbocycles. The van der Waals surface area contributed by atoms with E-state index in [1.807, 2.05) is 0 Å². The molecule has 3 nitrogen and oxygen atoms in total. The van der Waals surface area contributed by atoms with Crippen molar-refractivity contribution in [2.24, 2.45) is 5.92 Å². The van der Waals surface area contributed by atoms with Gasteiger partial charge in [0.05, 0.1) is 11.6 Å². The molecule has 2 N–H and O–H groups in total. The molecule has 0 radical (unpaired) electrons. The fraction of sp³-hybridized carbons (Fsp3) is 0.462. The Kier molecular flexibility index (Phi) is 4.22. The summed E-state index contributed by atoms with van der Waals surface area (Å²) in [6, 6.07) is 4.81. The summed E-state index contributed by atoms with van der Waals surface area (Å²) in [5.74, 6) is -1.39. The molecule has 0 aliphatic heterocycles. The number of para-hydroxylation sites is 1. The zero-order valence-corrected chi connectivity index (χ0v) is 11.4. The second kappa shape index (κ2) is 5.69. The first-order chi connectivity index (χ1) is 8.58. The molecule has 0 heterocycles. The molecule has 2 rings (SSSR count). The van der Waals surface area contributed by atoms with Crippen LogP contribution in [-0.4, -0.2) is 17.1 Å². The summed E-state index contributed by atoms with van der Waals surface area (Å²) in [4.78, 5) is 11.0. The first-order valence-corrected chi connectivity index (χ1v) is 6.80. The Hall–Kier alpha value is -1.10. The number of anilines is 1. The van der Waals surface area contributed by atoms with Gasteiger partial charge in [-0.1, -0.05) is 12.5 Å². The Morgan fingerprint density at radius 3 is 2.89 bits per heavy atom.